The predicted molar refractivity (Wildman–Crippen MR) is 92.2 cm³/mol. The Morgan fingerprint density at radius 1 is 1.26 bits per heavy atom. The second kappa shape index (κ2) is 6.08. The molecule has 2 aliphatic rings. The van der Waals surface area contributed by atoms with Crippen LogP contribution in [0.15, 0.2) is 40.8 Å². The van der Waals surface area contributed by atoms with Crippen LogP contribution in [-0.4, -0.2) is 48.6 Å². The molecule has 2 N–H and O–H groups in total. The van der Waals surface area contributed by atoms with Gasteiger partial charge in [0.2, 0.25) is 0 Å². The number of nitrogens with zero attached hydrogens (tertiary/aromatic N) is 4. The number of thiazole rings is 1. The molecule has 1 aromatic carbocycles. The molecule has 0 radical (unpaired) electrons. The third-order valence-electron chi connectivity index (χ3n) is 4.26. The molecule has 1 aromatic heterocycles. The number of nitrogens with two attached hydrogens (primary N) is 1. The Hall–Kier alpha value is -2.28. The van der Waals surface area contributed by atoms with Gasteiger partial charge in [0.1, 0.15) is 18.4 Å². The van der Waals surface area contributed by atoms with E-state index < -0.39 is 0 Å². The standard InChI is InChI=1S/C16H19N5OS/c17-15(19-13-11-22-14-4-2-1-3-12(13)14)20-6-8-21(9-7-20)16-18-5-10-23-16/h1-5,10,13H,6-9,11H2,(H2,17,19). The van der Waals surface area contributed by atoms with E-state index in [4.69, 9.17) is 15.5 Å². The van der Waals surface area contributed by atoms with E-state index in [1.807, 2.05) is 29.8 Å². The fourth-order valence-corrected chi connectivity index (χ4v) is 3.69. The summed E-state index contributed by atoms with van der Waals surface area (Å²) in [5, 5.41) is 3.09. The van der Waals surface area contributed by atoms with Gasteiger partial charge in [0.15, 0.2) is 11.1 Å². The Balaban J connectivity index is 1.41. The number of anilines is 1. The van der Waals surface area contributed by atoms with Crippen molar-refractivity contribution in [1.29, 1.82) is 0 Å². The van der Waals surface area contributed by atoms with Crippen LogP contribution >= 0.6 is 11.3 Å². The fraction of sp³-hybridized carbons (Fsp3) is 0.375. The highest BCUT2D eigenvalue weighted by Gasteiger charge is 2.25. The van der Waals surface area contributed by atoms with Gasteiger partial charge in [-0.2, -0.15) is 0 Å². The van der Waals surface area contributed by atoms with Gasteiger partial charge in [-0.25, -0.2) is 9.98 Å². The van der Waals surface area contributed by atoms with Gasteiger partial charge in [-0.15, -0.1) is 11.3 Å². The average Bonchev–Trinajstić information content (AvgIpc) is 3.25. The Bertz CT molecular complexity index is 694. The van der Waals surface area contributed by atoms with Gasteiger partial charge in [-0.1, -0.05) is 18.2 Å². The molecular weight excluding hydrogens is 310 g/mol. The minimum absolute atomic E-state index is 0.00296. The van der Waals surface area contributed by atoms with E-state index in [-0.39, 0.29) is 6.04 Å². The first kappa shape index (κ1) is 14.3. The lowest BCUT2D eigenvalue weighted by Gasteiger charge is -2.35. The zero-order valence-corrected chi connectivity index (χ0v) is 13.6. The summed E-state index contributed by atoms with van der Waals surface area (Å²) in [7, 11) is 0. The summed E-state index contributed by atoms with van der Waals surface area (Å²) in [4.78, 5) is 13.5. The molecular formula is C16H19N5OS. The number of guanidine groups is 1. The molecule has 3 heterocycles. The zero-order chi connectivity index (χ0) is 15.6. The van der Waals surface area contributed by atoms with E-state index in [1.165, 1.54) is 0 Å². The van der Waals surface area contributed by atoms with E-state index in [9.17, 15) is 0 Å². The van der Waals surface area contributed by atoms with Crippen molar-refractivity contribution in [1.82, 2.24) is 9.88 Å². The summed E-state index contributed by atoms with van der Waals surface area (Å²) < 4.78 is 5.67. The number of aliphatic imine (C=N–C) groups is 1. The maximum atomic E-state index is 6.24. The first-order valence-corrected chi connectivity index (χ1v) is 8.63. The third kappa shape index (κ3) is 2.84. The molecule has 23 heavy (non-hydrogen) atoms. The van der Waals surface area contributed by atoms with Crippen LogP contribution < -0.4 is 15.4 Å². The van der Waals surface area contributed by atoms with Gasteiger partial charge in [0, 0.05) is 43.3 Å². The van der Waals surface area contributed by atoms with Crippen LogP contribution in [0, 0.1) is 0 Å². The molecule has 0 aliphatic carbocycles. The summed E-state index contributed by atoms with van der Waals surface area (Å²) in [6.07, 6.45) is 1.85. The van der Waals surface area contributed by atoms with Crippen LogP contribution in [0.4, 0.5) is 5.13 Å². The van der Waals surface area contributed by atoms with E-state index >= 15 is 0 Å². The molecule has 1 unspecified atom stereocenters. The number of rotatable bonds is 2. The van der Waals surface area contributed by atoms with Gasteiger partial charge >= 0.3 is 0 Å². The molecule has 4 rings (SSSR count). The molecule has 1 atom stereocenters. The lowest BCUT2D eigenvalue weighted by molar-refractivity contribution is 0.329. The van der Waals surface area contributed by atoms with Gasteiger partial charge in [0.05, 0.1) is 0 Å². The Morgan fingerprint density at radius 2 is 2.09 bits per heavy atom. The van der Waals surface area contributed by atoms with Crippen molar-refractivity contribution in [3.05, 3.63) is 41.4 Å². The fourth-order valence-electron chi connectivity index (χ4n) is 2.99. The molecule has 0 bridgehead atoms. The van der Waals surface area contributed by atoms with Gasteiger partial charge < -0.3 is 20.3 Å². The van der Waals surface area contributed by atoms with E-state index in [0.29, 0.717) is 12.6 Å². The molecule has 2 aromatic rings. The second-order valence-electron chi connectivity index (χ2n) is 5.64. The maximum Gasteiger partial charge on any atom is 0.192 e. The number of ether oxygens (including phenoxy) is 1. The van der Waals surface area contributed by atoms with Crippen LogP contribution in [0.3, 0.4) is 0 Å². The van der Waals surface area contributed by atoms with Crippen molar-refractivity contribution >= 4 is 22.4 Å². The molecule has 1 saturated heterocycles. The molecule has 120 valence electrons. The summed E-state index contributed by atoms with van der Waals surface area (Å²) in [5.74, 6) is 1.52. The van der Waals surface area contributed by atoms with Crippen LogP contribution in [0.1, 0.15) is 11.6 Å². The van der Waals surface area contributed by atoms with Gasteiger partial charge in [0.25, 0.3) is 0 Å². The largest absolute Gasteiger partial charge is 0.491 e. The molecule has 1 fully saturated rings. The van der Waals surface area contributed by atoms with Crippen molar-refractivity contribution in [3.8, 4) is 5.75 Å². The summed E-state index contributed by atoms with van der Waals surface area (Å²) in [5.41, 5.74) is 7.36. The SMILES string of the molecule is NC(=NC1COc2ccccc21)N1CCN(c2nccs2)CC1. The highest BCUT2D eigenvalue weighted by Crippen LogP contribution is 2.34. The second-order valence-corrected chi connectivity index (χ2v) is 6.51. The Kier molecular flexibility index (Phi) is 3.78. The number of para-hydroxylation sites is 1. The van der Waals surface area contributed by atoms with Crippen LogP contribution in [0.5, 0.6) is 5.75 Å². The molecule has 0 amide bonds. The lowest BCUT2D eigenvalue weighted by atomic mass is 10.1. The summed E-state index contributed by atoms with van der Waals surface area (Å²) in [6, 6.07) is 8.03. The zero-order valence-electron chi connectivity index (χ0n) is 12.8. The van der Waals surface area contributed by atoms with Crippen molar-refractivity contribution < 1.29 is 4.74 Å². The number of hydrogen-bond donors (Lipinski definition) is 1. The maximum absolute atomic E-state index is 6.24. The minimum atomic E-state index is 0.00296. The van der Waals surface area contributed by atoms with E-state index in [2.05, 4.69) is 20.9 Å². The van der Waals surface area contributed by atoms with Crippen LogP contribution in [-0.2, 0) is 0 Å². The molecule has 7 heteroatoms. The average molecular weight is 329 g/mol. The number of aromatic nitrogens is 1. The number of piperazine rings is 1. The van der Waals surface area contributed by atoms with Gasteiger partial charge in [-0.05, 0) is 6.07 Å². The highest BCUT2D eigenvalue weighted by atomic mass is 32.1. The normalized spacial score (nSPS) is 21.2. The van der Waals surface area contributed by atoms with Crippen molar-refractivity contribution in [2.24, 2.45) is 10.7 Å². The van der Waals surface area contributed by atoms with Crippen molar-refractivity contribution in [2.75, 3.05) is 37.7 Å². The molecule has 6 nitrogen and oxygen atoms in total. The van der Waals surface area contributed by atoms with Crippen molar-refractivity contribution in [2.45, 2.75) is 6.04 Å². The minimum Gasteiger partial charge on any atom is -0.491 e. The summed E-state index contributed by atoms with van der Waals surface area (Å²) >= 11 is 1.68. The Morgan fingerprint density at radius 3 is 2.87 bits per heavy atom. The molecule has 0 saturated carbocycles. The number of fused-ring (bicyclic) bond motifs is 1. The smallest absolute Gasteiger partial charge is 0.192 e. The monoisotopic (exact) mass is 329 g/mol. The van der Waals surface area contributed by atoms with Crippen LogP contribution in [0.25, 0.3) is 0 Å². The Labute approximate surface area is 139 Å². The first-order chi connectivity index (χ1) is 11.3. The topological polar surface area (TPSA) is 67.0 Å². The molecule has 2 aliphatic heterocycles. The lowest BCUT2D eigenvalue weighted by Crippen LogP contribution is -2.51. The quantitative estimate of drug-likeness (QED) is 0.671. The molecule has 0 spiro atoms. The summed E-state index contributed by atoms with van der Waals surface area (Å²) in [6.45, 7) is 4.14. The first-order valence-electron chi connectivity index (χ1n) is 7.75. The third-order valence-corrected chi connectivity index (χ3v) is 5.09. The predicted octanol–water partition coefficient (Wildman–Crippen LogP) is 1.71. The number of hydrogen-bond acceptors (Lipinski definition) is 5. The highest BCUT2D eigenvalue weighted by molar-refractivity contribution is 7.13. The number of benzene rings is 1. The van der Waals surface area contributed by atoms with Gasteiger partial charge in [-0.3, -0.25) is 0 Å². The van der Waals surface area contributed by atoms with Crippen LogP contribution in [0.2, 0.25) is 0 Å². The van der Waals surface area contributed by atoms with E-state index in [1.54, 1.807) is 11.3 Å². The van der Waals surface area contributed by atoms with E-state index in [0.717, 1.165) is 42.6 Å². The van der Waals surface area contributed by atoms with Crippen molar-refractivity contribution in [3.63, 3.8) is 0 Å².